The molecule has 0 aromatic carbocycles. The summed E-state index contributed by atoms with van der Waals surface area (Å²) in [5.41, 5.74) is 0.526. The van der Waals surface area contributed by atoms with Crippen molar-refractivity contribution in [3.8, 4) is 0 Å². The minimum absolute atomic E-state index is 0.0625. The first-order valence-electron chi connectivity index (χ1n) is 7.85. The first-order valence-corrected chi connectivity index (χ1v) is 8.65. The number of hydrogen-bond acceptors (Lipinski definition) is 4. The molecule has 22 heavy (non-hydrogen) atoms. The Hall–Kier alpha value is -1.17. The predicted molar refractivity (Wildman–Crippen MR) is 92.3 cm³/mol. The van der Waals surface area contributed by atoms with Gasteiger partial charge in [0.2, 0.25) is 0 Å². The van der Waals surface area contributed by atoms with Crippen LogP contribution in [0.4, 0.5) is 11.5 Å². The van der Waals surface area contributed by atoms with Gasteiger partial charge in [-0.25, -0.2) is 4.98 Å². The molecule has 0 saturated heterocycles. The number of aromatic nitrogens is 1. The molecule has 0 bridgehead atoms. The molecule has 2 rings (SSSR count). The molecular formula is C16H24BrN3O2. The molecule has 6 heteroatoms. The van der Waals surface area contributed by atoms with Gasteiger partial charge in [0.25, 0.3) is 5.69 Å². The average molecular weight is 370 g/mol. The van der Waals surface area contributed by atoms with E-state index >= 15 is 0 Å². The molecule has 0 radical (unpaired) electrons. The Kier molecular flexibility index (Phi) is 5.42. The van der Waals surface area contributed by atoms with Crippen LogP contribution >= 0.6 is 15.9 Å². The third-order valence-corrected chi connectivity index (χ3v) is 5.47. The first kappa shape index (κ1) is 17.2. The van der Waals surface area contributed by atoms with Crippen molar-refractivity contribution in [2.75, 3.05) is 11.9 Å². The number of nitrogens with zero attached hydrogens (tertiary/aromatic N) is 3. The maximum atomic E-state index is 11.0. The lowest BCUT2D eigenvalue weighted by atomic mass is 9.79. The van der Waals surface area contributed by atoms with E-state index in [0.29, 0.717) is 16.2 Å². The lowest BCUT2D eigenvalue weighted by Crippen LogP contribution is -2.36. The highest BCUT2D eigenvalue weighted by atomic mass is 79.9. The van der Waals surface area contributed by atoms with Crippen LogP contribution in [0.15, 0.2) is 10.5 Å². The van der Waals surface area contributed by atoms with Crippen molar-refractivity contribution < 1.29 is 4.92 Å². The minimum atomic E-state index is -0.384. The number of halogens is 1. The molecule has 0 spiro atoms. The Balaban J connectivity index is 2.15. The summed E-state index contributed by atoms with van der Waals surface area (Å²) in [5.74, 6) is 2.37. The van der Waals surface area contributed by atoms with E-state index in [0.717, 1.165) is 30.5 Å². The molecule has 1 saturated carbocycles. The number of aryl methyl sites for hydroxylation is 1. The van der Waals surface area contributed by atoms with E-state index in [9.17, 15) is 10.1 Å². The molecule has 122 valence electrons. The minimum Gasteiger partial charge on any atom is -0.356 e. The highest BCUT2D eigenvalue weighted by molar-refractivity contribution is 9.10. The van der Waals surface area contributed by atoms with Crippen LogP contribution in [0.25, 0.3) is 0 Å². The van der Waals surface area contributed by atoms with Gasteiger partial charge in [0.15, 0.2) is 0 Å². The smallest absolute Gasteiger partial charge is 0.291 e. The van der Waals surface area contributed by atoms with E-state index in [1.165, 1.54) is 12.8 Å². The summed E-state index contributed by atoms with van der Waals surface area (Å²) in [7, 11) is 2.04. The zero-order valence-electron chi connectivity index (χ0n) is 13.7. The Morgan fingerprint density at radius 1 is 1.36 bits per heavy atom. The summed E-state index contributed by atoms with van der Waals surface area (Å²) in [6.07, 6.45) is 4.81. The largest absolute Gasteiger partial charge is 0.356 e. The maximum Gasteiger partial charge on any atom is 0.291 e. The van der Waals surface area contributed by atoms with Crippen molar-refractivity contribution in [3.63, 3.8) is 0 Å². The third kappa shape index (κ3) is 3.59. The van der Waals surface area contributed by atoms with Crippen LogP contribution in [-0.2, 0) is 0 Å². The first-order chi connectivity index (χ1) is 10.3. The van der Waals surface area contributed by atoms with Gasteiger partial charge in [0.1, 0.15) is 11.5 Å². The van der Waals surface area contributed by atoms with Gasteiger partial charge in [0, 0.05) is 19.2 Å². The van der Waals surface area contributed by atoms with Gasteiger partial charge in [-0.2, -0.15) is 0 Å². The van der Waals surface area contributed by atoms with Crippen molar-refractivity contribution in [2.45, 2.75) is 52.5 Å². The lowest BCUT2D eigenvalue weighted by Gasteiger charge is -2.37. The summed E-state index contributed by atoms with van der Waals surface area (Å²) in [6, 6.07) is 2.02. The Morgan fingerprint density at radius 3 is 2.45 bits per heavy atom. The fourth-order valence-corrected chi connectivity index (χ4v) is 3.90. The lowest BCUT2D eigenvalue weighted by molar-refractivity contribution is -0.385. The van der Waals surface area contributed by atoms with Crippen molar-refractivity contribution >= 4 is 27.4 Å². The van der Waals surface area contributed by atoms with Crippen molar-refractivity contribution in [1.82, 2.24) is 4.98 Å². The molecule has 1 heterocycles. The fourth-order valence-electron chi connectivity index (χ4n) is 3.32. The van der Waals surface area contributed by atoms with E-state index in [-0.39, 0.29) is 10.6 Å². The molecule has 0 atom stereocenters. The van der Waals surface area contributed by atoms with E-state index < -0.39 is 0 Å². The van der Waals surface area contributed by atoms with Gasteiger partial charge in [-0.3, -0.25) is 10.1 Å². The zero-order valence-corrected chi connectivity index (χ0v) is 15.3. The predicted octanol–water partition coefficient (Wildman–Crippen LogP) is 4.71. The summed E-state index contributed by atoms with van der Waals surface area (Å²) < 4.78 is 0.693. The van der Waals surface area contributed by atoms with Crippen molar-refractivity contribution in [1.29, 1.82) is 0 Å². The molecule has 1 fully saturated rings. The number of rotatable bonds is 4. The van der Waals surface area contributed by atoms with Crippen LogP contribution in [0, 0.1) is 28.9 Å². The third-order valence-electron chi connectivity index (χ3n) is 4.88. The van der Waals surface area contributed by atoms with Crippen LogP contribution in [0.5, 0.6) is 0 Å². The summed E-state index contributed by atoms with van der Waals surface area (Å²) in [4.78, 5) is 17.2. The second-order valence-electron chi connectivity index (χ2n) is 6.58. The Morgan fingerprint density at radius 2 is 1.95 bits per heavy atom. The van der Waals surface area contributed by atoms with Crippen molar-refractivity contribution in [3.05, 3.63) is 26.3 Å². The van der Waals surface area contributed by atoms with Gasteiger partial charge in [-0.1, -0.05) is 13.8 Å². The molecule has 0 N–H and O–H groups in total. The molecule has 1 aliphatic rings. The normalized spacial score (nSPS) is 21.9. The quantitative estimate of drug-likeness (QED) is 0.569. The second-order valence-corrected chi connectivity index (χ2v) is 7.43. The van der Waals surface area contributed by atoms with Crippen LogP contribution in [0.2, 0.25) is 0 Å². The van der Waals surface area contributed by atoms with E-state index in [2.05, 4.69) is 39.7 Å². The summed E-state index contributed by atoms with van der Waals surface area (Å²) in [6.45, 7) is 6.29. The van der Waals surface area contributed by atoms with Crippen LogP contribution in [-0.4, -0.2) is 23.0 Å². The van der Waals surface area contributed by atoms with Crippen LogP contribution in [0.3, 0.4) is 0 Å². The van der Waals surface area contributed by atoms with Crippen molar-refractivity contribution in [2.24, 2.45) is 11.8 Å². The second kappa shape index (κ2) is 6.94. The number of anilines is 1. The maximum absolute atomic E-state index is 11.0. The molecule has 0 aliphatic heterocycles. The molecular weight excluding hydrogens is 346 g/mol. The van der Waals surface area contributed by atoms with Gasteiger partial charge >= 0.3 is 0 Å². The van der Waals surface area contributed by atoms with Crippen LogP contribution in [0.1, 0.15) is 45.2 Å². The van der Waals surface area contributed by atoms with E-state index in [4.69, 9.17) is 0 Å². The number of pyridine rings is 1. The fraction of sp³-hybridized carbons (Fsp3) is 0.688. The Labute approximate surface area is 140 Å². The number of nitro groups is 1. The summed E-state index contributed by atoms with van der Waals surface area (Å²) in [5, 5.41) is 11.0. The average Bonchev–Trinajstić information content (AvgIpc) is 2.48. The highest BCUT2D eigenvalue weighted by Crippen LogP contribution is 2.36. The van der Waals surface area contributed by atoms with Crippen LogP contribution < -0.4 is 4.90 Å². The summed E-state index contributed by atoms with van der Waals surface area (Å²) >= 11 is 3.44. The topological polar surface area (TPSA) is 59.3 Å². The van der Waals surface area contributed by atoms with Gasteiger partial charge < -0.3 is 4.90 Å². The SMILES string of the molecule is Cc1nc(N(C)[C@H]2CC[C@H](C(C)C)CC2)c(Br)cc1[N+](=O)[O-]. The number of hydrogen-bond donors (Lipinski definition) is 0. The van der Waals surface area contributed by atoms with Gasteiger partial charge in [-0.05, 0) is 60.4 Å². The molecule has 0 unspecified atom stereocenters. The zero-order chi connectivity index (χ0) is 16.4. The Bertz CT molecular complexity index is 555. The molecule has 1 aliphatic carbocycles. The molecule has 1 aromatic rings. The standard InChI is InChI=1S/C16H24BrN3O2/c1-10(2)12-5-7-13(8-6-12)19(4)16-14(17)9-15(20(21)22)11(3)18-16/h9-10,12-13H,5-8H2,1-4H3/t12-,13-. The van der Waals surface area contributed by atoms with E-state index in [1.807, 2.05) is 7.05 Å². The monoisotopic (exact) mass is 369 g/mol. The highest BCUT2D eigenvalue weighted by Gasteiger charge is 2.28. The molecule has 0 amide bonds. The molecule has 1 aromatic heterocycles. The van der Waals surface area contributed by atoms with Gasteiger partial charge in [-0.15, -0.1) is 0 Å². The van der Waals surface area contributed by atoms with E-state index in [1.54, 1.807) is 13.0 Å². The molecule has 5 nitrogen and oxygen atoms in total. The van der Waals surface area contributed by atoms with Gasteiger partial charge in [0.05, 0.1) is 9.40 Å².